The molecule has 8 nitrogen and oxygen atoms in total. The number of nitrogens with one attached hydrogen (secondary N) is 1. The van der Waals surface area contributed by atoms with Crippen LogP contribution in [0.4, 0.5) is 5.00 Å². The normalized spacial score (nSPS) is 10.7. The van der Waals surface area contributed by atoms with E-state index in [1.807, 2.05) is 37.6 Å². The Morgan fingerprint density at radius 3 is 2.79 bits per heavy atom. The Morgan fingerprint density at radius 2 is 2.11 bits per heavy atom. The van der Waals surface area contributed by atoms with Gasteiger partial charge in [0.05, 0.1) is 18.4 Å². The van der Waals surface area contributed by atoms with Gasteiger partial charge in [0.25, 0.3) is 0 Å². The van der Waals surface area contributed by atoms with Gasteiger partial charge in [-0.2, -0.15) is 0 Å². The molecule has 3 heterocycles. The zero-order valence-electron chi connectivity index (χ0n) is 15.8. The molecule has 10 heteroatoms. The van der Waals surface area contributed by atoms with Crippen LogP contribution in [0.1, 0.15) is 20.8 Å². The Hall–Kier alpha value is -2.72. The number of thioether (sulfide) groups is 1. The lowest BCUT2D eigenvalue weighted by atomic mass is 10.1. The smallest absolute Gasteiger partial charge is 0.341 e. The molecule has 0 saturated heterocycles. The van der Waals surface area contributed by atoms with Crippen LogP contribution >= 0.6 is 23.1 Å². The number of ether oxygens (including phenoxy) is 1. The highest BCUT2D eigenvalue weighted by molar-refractivity contribution is 7.99. The van der Waals surface area contributed by atoms with E-state index in [9.17, 15) is 9.59 Å². The van der Waals surface area contributed by atoms with Crippen molar-refractivity contribution in [1.82, 2.24) is 19.7 Å². The van der Waals surface area contributed by atoms with E-state index >= 15 is 0 Å². The zero-order valence-corrected chi connectivity index (χ0v) is 17.5. The molecule has 0 unspecified atom stereocenters. The van der Waals surface area contributed by atoms with Crippen LogP contribution in [-0.2, 0) is 16.6 Å². The first-order valence-electron chi connectivity index (χ1n) is 8.33. The molecule has 0 saturated carbocycles. The van der Waals surface area contributed by atoms with E-state index in [-0.39, 0.29) is 11.7 Å². The van der Waals surface area contributed by atoms with Crippen molar-refractivity contribution in [2.75, 3.05) is 18.2 Å². The van der Waals surface area contributed by atoms with Gasteiger partial charge in [-0.15, -0.1) is 21.5 Å². The number of carbonyl (C=O) groups is 2. The summed E-state index contributed by atoms with van der Waals surface area (Å²) >= 11 is 2.62. The van der Waals surface area contributed by atoms with Gasteiger partial charge in [-0.1, -0.05) is 11.8 Å². The number of thiophene rings is 1. The highest BCUT2D eigenvalue weighted by atomic mass is 32.2. The molecule has 3 rings (SSSR count). The predicted octanol–water partition coefficient (Wildman–Crippen LogP) is 3.07. The van der Waals surface area contributed by atoms with Crippen LogP contribution in [0.5, 0.6) is 0 Å². The topological polar surface area (TPSA) is 99.0 Å². The summed E-state index contributed by atoms with van der Waals surface area (Å²) in [4.78, 5) is 29.5. The molecule has 0 aliphatic rings. The molecule has 3 aromatic heterocycles. The van der Waals surface area contributed by atoms with Gasteiger partial charge in [-0.3, -0.25) is 9.78 Å². The van der Waals surface area contributed by atoms with Crippen molar-refractivity contribution in [3.63, 3.8) is 0 Å². The zero-order chi connectivity index (χ0) is 20.3. The van der Waals surface area contributed by atoms with E-state index in [2.05, 4.69) is 20.5 Å². The molecule has 3 aromatic rings. The second-order valence-corrected chi connectivity index (χ2v) is 8.09. The number of esters is 1. The number of anilines is 1. The molecule has 0 aliphatic carbocycles. The van der Waals surface area contributed by atoms with Gasteiger partial charge in [0.1, 0.15) is 5.00 Å². The van der Waals surface area contributed by atoms with Gasteiger partial charge in [0.15, 0.2) is 11.0 Å². The maximum Gasteiger partial charge on any atom is 0.341 e. The third-order valence-corrected chi connectivity index (χ3v) is 6.26. The first-order valence-corrected chi connectivity index (χ1v) is 10.1. The Bertz CT molecular complexity index is 1010. The van der Waals surface area contributed by atoms with Gasteiger partial charge >= 0.3 is 5.97 Å². The van der Waals surface area contributed by atoms with Crippen molar-refractivity contribution in [2.24, 2.45) is 7.05 Å². The maximum atomic E-state index is 12.4. The highest BCUT2D eigenvalue weighted by Gasteiger charge is 2.22. The summed E-state index contributed by atoms with van der Waals surface area (Å²) in [6.07, 6.45) is 3.40. The van der Waals surface area contributed by atoms with Crippen LogP contribution < -0.4 is 5.32 Å². The van der Waals surface area contributed by atoms with E-state index in [0.29, 0.717) is 21.5 Å². The quantitative estimate of drug-likeness (QED) is 0.486. The van der Waals surface area contributed by atoms with Crippen LogP contribution in [0.2, 0.25) is 0 Å². The largest absolute Gasteiger partial charge is 0.465 e. The van der Waals surface area contributed by atoms with Crippen LogP contribution in [-0.4, -0.2) is 44.5 Å². The molecule has 1 amide bonds. The van der Waals surface area contributed by atoms with Crippen molar-refractivity contribution in [3.05, 3.63) is 40.5 Å². The number of nitrogens with zero attached hydrogens (tertiary/aromatic N) is 4. The lowest BCUT2D eigenvalue weighted by Crippen LogP contribution is -2.16. The number of aromatic nitrogens is 4. The number of pyridine rings is 1. The van der Waals surface area contributed by atoms with E-state index in [1.54, 1.807) is 12.4 Å². The molecule has 0 fully saturated rings. The molecule has 0 bridgehead atoms. The highest BCUT2D eigenvalue weighted by Crippen LogP contribution is 2.33. The molecule has 0 spiro atoms. The third-order valence-electron chi connectivity index (χ3n) is 4.11. The summed E-state index contributed by atoms with van der Waals surface area (Å²) in [5.41, 5.74) is 2.07. The number of hydrogen-bond acceptors (Lipinski definition) is 8. The minimum atomic E-state index is -0.459. The van der Waals surface area contributed by atoms with Crippen molar-refractivity contribution < 1.29 is 14.3 Å². The number of rotatable bonds is 6. The SMILES string of the molecule is COC(=O)c1c(NC(=O)CSc2nnc(-c3cccnc3)n2C)sc(C)c1C. The van der Waals surface area contributed by atoms with Crippen molar-refractivity contribution in [1.29, 1.82) is 0 Å². The molecular weight excluding hydrogens is 398 g/mol. The lowest BCUT2D eigenvalue weighted by Gasteiger charge is -2.06. The molecule has 0 atom stereocenters. The van der Waals surface area contributed by atoms with Gasteiger partial charge in [0.2, 0.25) is 5.91 Å². The lowest BCUT2D eigenvalue weighted by molar-refractivity contribution is -0.113. The summed E-state index contributed by atoms with van der Waals surface area (Å²) in [6.45, 7) is 3.73. The predicted molar refractivity (Wildman–Crippen MR) is 109 cm³/mol. The number of methoxy groups -OCH3 is 1. The van der Waals surface area contributed by atoms with E-state index in [0.717, 1.165) is 16.0 Å². The molecule has 0 radical (unpaired) electrons. The molecular formula is C18H19N5O3S2. The number of amides is 1. The Morgan fingerprint density at radius 1 is 1.32 bits per heavy atom. The van der Waals surface area contributed by atoms with E-state index < -0.39 is 5.97 Å². The van der Waals surface area contributed by atoms with Gasteiger partial charge in [0, 0.05) is 29.9 Å². The Labute approximate surface area is 170 Å². The van der Waals surface area contributed by atoms with Crippen LogP contribution in [0.15, 0.2) is 29.7 Å². The van der Waals surface area contributed by atoms with Crippen LogP contribution in [0, 0.1) is 13.8 Å². The maximum absolute atomic E-state index is 12.4. The second-order valence-electron chi connectivity index (χ2n) is 5.92. The minimum Gasteiger partial charge on any atom is -0.465 e. The average molecular weight is 418 g/mol. The number of hydrogen-bond donors (Lipinski definition) is 1. The van der Waals surface area contributed by atoms with E-state index in [1.165, 1.54) is 30.2 Å². The fourth-order valence-electron chi connectivity index (χ4n) is 2.54. The molecule has 1 N–H and O–H groups in total. The van der Waals surface area contributed by atoms with Crippen molar-refractivity contribution >= 4 is 40.0 Å². The van der Waals surface area contributed by atoms with Crippen molar-refractivity contribution in [3.8, 4) is 11.4 Å². The van der Waals surface area contributed by atoms with Gasteiger partial charge < -0.3 is 14.6 Å². The summed E-state index contributed by atoms with van der Waals surface area (Å²) < 4.78 is 6.64. The second kappa shape index (κ2) is 8.53. The Balaban J connectivity index is 1.69. The third kappa shape index (κ3) is 4.07. The number of carbonyl (C=O) groups excluding carboxylic acids is 2. The number of aryl methyl sites for hydroxylation is 1. The van der Waals surface area contributed by atoms with Crippen LogP contribution in [0.3, 0.4) is 0 Å². The van der Waals surface area contributed by atoms with Gasteiger partial charge in [-0.05, 0) is 31.5 Å². The summed E-state index contributed by atoms with van der Waals surface area (Å²) in [5.74, 6) is 0.116. The van der Waals surface area contributed by atoms with Crippen LogP contribution in [0.25, 0.3) is 11.4 Å². The molecule has 0 aliphatic heterocycles. The first kappa shape index (κ1) is 20.0. The first-order chi connectivity index (χ1) is 13.4. The average Bonchev–Trinajstić information content (AvgIpc) is 3.19. The Kier molecular flexibility index (Phi) is 6.10. The van der Waals surface area contributed by atoms with E-state index in [4.69, 9.17) is 4.74 Å². The summed E-state index contributed by atoms with van der Waals surface area (Å²) in [7, 11) is 3.16. The molecule has 146 valence electrons. The van der Waals surface area contributed by atoms with Gasteiger partial charge in [-0.25, -0.2) is 4.79 Å². The molecule has 0 aromatic carbocycles. The summed E-state index contributed by atoms with van der Waals surface area (Å²) in [5, 5.41) is 12.2. The van der Waals surface area contributed by atoms with Crippen molar-refractivity contribution in [2.45, 2.75) is 19.0 Å². The standard InChI is InChI=1S/C18H19N5O3S2/c1-10-11(2)28-16(14(10)17(25)26-4)20-13(24)9-27-18-22-21-15(23(18)3)12-6-5-7-19-8-12/h5-8H,9H2,1-4H3,(H,20,24). The molecule has 28 heavy (non-hydrogen) atoms. The fraction of sp³-hybridized carbons (Fsp3) is 0.278. The summed E-state index contributed by atoms with van der Waals surface area (Å²) in [6, 6.07) is 3.72. The fourth-order valence-corrected chi connectivity index (χ4v) is 4.32. The monoisotopic (exact) mass is 417 g/mol. The minimum absolute atomic E-state index is 0.135.